The quantitative estimate of drug-likeness (QED) is 0.889. The van der Waals surface area contributed by atoms with Gasteiger partial charge in [0, 0.05) is 12.4 Å². The molecule has 110 valence electrons. The molecule has 1 heterocycles. The third-order valence-electron chi connectivity index (χ3n) is 3.19. The Bertz CT molecular complexity index is 569. The molecular formula is C17H20N2OS. The molecule has 4 heteroatoms. The van der Waals surface area contributed by atoms with E-state index in [0.717, 1.165) is 16.9 Å². The molecule has 0 aliphatic rings. The Morgan fingerprint density at radius 1 is 1.14 bits per heavy atom. The maximum absolute atomic E-state index is 12.1. The number of benzene rings is 1. The van der Waals surface area contributed by atoms with E-state index in [9.17, 15) is 4.79 Å². The molecule has 0 aliphatic carbocycles. The summed E-state index contributed by atoms with van der Waals surface area (Å²) in [7, 11) is 0. The summed E-state index contributed by atoms with van der Waals surface area (Å²) in [5, 5.41) is 3.12. The van der Waals surface area contributed by atoms with Crippen LogP contribution in [0.15, 0.2) is 48.8 Å². The average molecular weight is 300 g/mol. The summed E-state index contributed by atoms with van der Waals surface area (Å²) in [4.78, 5) is 16.1. The van der Waals surface area contributed by atoms with Crippen LogP contribution < -0.4 is 5.32 Å². The van der Waals surface area contributed by atoms with Gasteiger partial charge in [0.15, 0.2) is 0 Å². The predicted molar refractivity (Wildman–Crippen MR) is 88.4 cm³/mol. The molecule has 21 heavy (non-hydrogen) atoms. The van der Waals surface area contributed by atoms with Gasteiger partial charge in [-0.15, -0.1) is 0 Å². The van der Waals surface area contributed by atoms with Crippen molar-refractivity contribution in [3.05, 3.63) is 65.5 Å². The van der Waals surface area contributed by atoms with Crippen LogP contribution in [0.3, 0.4) is 0 Å². The van der Waals surface area contributed by atoms with Crippen LogP contribution in [0.25, 0.3) is 0 Å². The molecule has 1 aromatic carbocycles. The van der Waals surface area contributed by atoms with E-state index in [0.29, 0.717) is 5.75 Å². The van der Waals surface area contributed by atoms with Gasteiger partial charge in [-0.3, -0.25) is 9.78 Å². The average Bonchev–Trinajstić information content (AvgIpc) is 2.52. The van der Waals surface area contributed by atoms with Crippen molar-refractivity contribution < 1.29 is 4.79 Å². The Kier molecular flexibility index (Phi) is 5.81. The molecular weight excluding hydrogens is 280 g/mol. The van der Waals surface area contributed by atoms with Gasteiger partial charge in [0.05, 0.1) is 11.8 Å². The monoisotopic (exact) mass is 300 g/mol. The number of carbonyl (C=O) groups is 1. The number of hydrogen-bond donors (Lipinski definition) is 1. The van der Waals surface area contributed by atoms with Crippen LogP contribution in [0, 0.1) is 6.92 Å². The summed E-state index contributed by atoms with van der Waals surface area (Å²) in [5.41, 5.74) is 3.34. The Morgan fingerprint density at radius 3 is 2.38 bits per heavy atom. The fourth-order valence-corrected chi connectivity index (χ4v) is 2.54. The minimum absolute atomic E-state index is 0.0595. The number of aromatic nitrogens is 1. The van der Waals surface area contributed by atoms with Crippen LogP contribution >= 0.6 is 11.8 Å². The van der Waals surface area contributed by atoms with Crippen LogP contribution in [-0.2, 0) is 4.79 Å². The van der Waals surface area contributed by atoms with E-state index >= 15 is 0 Å². The van der Waals surface area contributed by atoms with Gasteiger partial charge in [0.1, 0.15) is 0 Å². The maximum atomic E-state index is 12.1. The van der Waals surface area contributed by atoms with Crippen molar-refractivity contribution in [2.24, 2.45) is 0 Å². The molecule has 3 nitrogen and oxygen atoms in total. The fraction of sp³-hybridized carbons (Fsp3) is 0.294. The Morgan fingerprint density at radius 2 is 1.76 bits per heavy atom. The lowest BCUT2D eigenvalue weighted by Gasteiger charge is -2.20. The van der Waals surface area contributed by atoms with Crippen LogP contribution in [0.5, 0.6) is 0 Å². The number of nitrogens with one attached hydrogen (secondary N) is 1. The third kappa shape index (κ3) is 4.60. The summed E-state index contributed by atoms with van der Waals surface area (Å²) in [6.45, 7) is 4.11. The first kappa shape index (κ1) is 15.6. The van der Waals surface area contributed by atoms with Crippen LogP contribution in [0.4, 0.5) is 0 Å². The third-order valence-corrected chi connectivity index (χ3v) is 4.07. The standard InChI is InChI=1S/C17H20N2OS/c1-3-21-12-16(20)19-17(15-8-10-18-11-9-15)14-6-4-13(2)5-7-14/h4-11,17H,3,12H2,1-2H3,(H,19,20)/t17-/m1/s1. The first-order valence-corrected chi connectivity index (χ1v) is 8.19. The molecule has 1 N–H and O–H groups in total. The molecule has 1 atom stereocenters. The van der Waals surface area contributed by atoms with E-state index < -0.39 is 0 Å². The van der Waals surface area contributed by atoms with E-state index in [1.165, 1.54) is 5.56 Å². The first-order valence-electron chi connectivity index (χ1n) is 7.04. The molecule has 0 unspecified atom stereocenters. The number of thioether (sulfide) groups is 1. The lowest BCUT2D eigenvalue weighted by molar-refractivity contribution is -0.119. The van der Waals surface area contributed by atoms with Crippen LogP contribution in [-0.4, -0.2) is 22.4 Å². The molecule has 0 saturated heterocycles. The van der Waals surface area contributed by atoms with Crippen LogP contribution in [0.2, 0.25) is 0 Å². The summed E-state index contributed by atoms with van der Waals surface area (Å²) in [5.74, 6) is 1.49. The van der Waals surface area contributed by atoms with Crippen molar-refractivity contribution in [3.8, 4) is 0 Å². The van der Waals surface area contributed by atoms with Crippen molar-refractivity contribution in [1.82, 2.24) is 10.3 Å². The smallest absolute Gasteiger partial charge is 0.230 e. The lowest BCUT2D eigenvalue weighted by Crippen LogP contribution is -2.30. The second-order valence-electron chi connectivity index (χ2n) is 4.83. The van der Waals surface area contributed by atoms with Crippen molar-refractivity contribution in [3.63, 3.8) is 0 Å². The van der Waals surface area contributed by atoms with Gasteiger partial charge >= 0.3 is 0 Å². The molecule has 0 fully saturated rings. The summed E-state index contributed by atoms with van der Waals surface area (Å²) >= 11 is 1.63. The zero-order valence-corrected chi connectivity index (χ0v) is 13.2. The minimum atomic E-state index is -0.126. The molecule has 2 aromatic rings. The molecule has 0 bridgehead atoms. The van der Waals surface area contributed by atoms with Gasteiger partial charge in [0.25, 0.3) is 0 Å². The number of hydrogen-bond acceptors (Lipinski definition) is 3. The highest BCUT2D eigenvalue weighted by Crippen LogP contribution is 2.22. The highest BCUT2D eigenvalue weighted by atomic mass is 32.2. The number of nitrogens with zero attached hydrogens (tertiary/aromatic N) is 1. The minimum Gasteiger partial charge on any atom is -0.344 e. The van der Waals surface area contributed by atoms with E-state index in [2.05, 4.69) is 48.4 Å². The van der Waals surface area contributed by atoms with Gasteiger partial charge in [-0.2, -0.15) is 11.8 Å². The maximum Gasteiger partial charge on any atom is 0.230 e. The van der Waals surface area contributed by atoms with E-state index in [1.807, 2.05) is 12.1 Å². The largest absolute Gasteiger partial charge is 0.344 e. The van der Waals surface area contributed by atoms with Gasteiger partial charge in [-0.25, -0.2) is 0 Å². The van der Waals surface area contributed by atoms with Gasteiger partial charge in [-0.1, -0.05) is 36.8 Å². The summed E-state index contributed by atoms with van der Waals surface area (Å²) in [6, 6.07) is 12.0. The molecule has 2 rings (SSSR count). The summed E-state index contributed by atoms with van der Waals surface area (Å²) < 4.78 is 0. The predicted octanol–water partition coefficient (Wildman–Crippen LogP) is 3.35. The van der Waals surface area contributed by atoms with Gasteiger partial charge < -0.3 is 5.32 Å². The molecule has 0 saturated carbocycles. The first-order chi connectivity index (χ1) is 10.2. The fourth-order valence-electron chi connectivity index (χ4n) is 2.07. The SMILES string of the molecule is CCSCC(=O)N[C@@H](c1ccncc1)c1ccc(C)cc1. The second-order valence-corrected chi connectivity index (χ2v) is 6.10. The molecule has 1 aromatic heterocycles. The lowest BCUT2D eigenvalue weighted by atomic mass is 9.98. The highest BCUT2D eigenvalue weighted by Gasteiger charge is 2.16. The Hall–Kier alpha value is -1.81. The number of pyridine rings is 1. The number of aryl methyl sites for hydroxylation is 1. The van der Waals surface area contributed by atoms with Crippen molar-refractivity contribution in [2.75, 3.05) is 11.5 Å². The Labute approximate surface area is 130 Å². The molecule has 0 radical (unpaired) electrons. The van der Waals surface area contributed by atoms with E-state index in [1.54, 1.807) is 24.2 Å². The normalized spacial score (nSPS) is 11.9. The topological polar surface area (TPSA) is 42.0 Å². The zero-order chi connectivity index (χ0) is 15.1. The highest BCUT2D eigenvalue weighted by molar-refractivity contribution is 7.99. The van der Waals surface area contributed by atoms with E-state index in [4.69, 9.17) is 0 Å². The van der Waals surface area contributed by atoms with E-state index in [-0.39, 0.29) is 11.9 Å². The number of carbonyl (C=O) groups excluding carboxylic acids is 1. The molecule has 1 amide bonds. The summed E-state index contributed by atoms with van der Waals surface area (Å²) in [6.07, 6.45) is 3.51. The van der Waals surface area contributed by atoms with Gasteiger partial charge in [-0.05, 0) is 35.9 Å². The Balaban J connectivity index is 2.22. The van der Waals surface area contributed by atoms with Crippen molar-refractivity contribution >= 4 is 17.7 Å². The van der Waals surface area contributed by atoms with Crippen molar-refractivity contribution in [2.45, 2.75) is 19.9 Å². The zero-order valence-electron chi connectivity index (χ0n) is 12.4. The molecule has 0 aliphatic heterocycles. The van der Waals surface area contributed by atoms with Gasteiger partial charge in [0.2, 0.25) is 5.91 Å². The molecule has 0 spiro atoms. The van der Waals surface area contributed by atoms with Crippen LogP contribution in [0.1, 0.15) is 29.7 Å². The number of amides is 1. The number of rotatable bonds is 6. The van der Waals surface area contributed by atoms with Crippen molar-refractivity contribution in [1.29, 1.82) is 0 Å². The second kappa shape index (κ2) is 7.84.